The second kappa shape index (κ2) is 12.4. The first-order chi connectivity index (χ1) is 14.5. The van der Waals surface area contributed by atoms with E-state index in [-0.39, 0.29) is 12.8 Å². The van der Waals surface area contributed by atoms with Crippen molar-refractivity contribution in [3.05, 3.63) is 22.4 Å². The zero-order valence-electron chi connectivity index (χ0n) is 18.1. The van der Waals surface area contributed by atoms with E-state index in [0.717, 1.165) is 5.56 Å². The molecule has 0 bridgehead atoms. The summed E-state index contributed by atoms with van der Waals surface area (Å²) in [6, 6.07) is -1.22. The quantitative estimate of drug-likeness (QED) is 0.221. The predicted molar refractivity (Wildman–Crippen MR) is 118 cm³/mol. The Kier molecular flexibility index (Phi) is 10.6. The summed E-state index contributed by atoms with van der Waals surface area (Å²) < 4.78 is 0. The highest BCUT2D eigenvalue weighted by Gasteiger charge is 2.30. The van der Waals surface area contributed by atoms with Crippen molar-refractivity contribution in [2.45, 2.75) is 70.1 Å². The van der Waals surface area contributed by atoms with Gasteiger partial charge in [-0.05, 0) is 69.0 Å². The first kappa shape index (κ1) is 26.5. The molecule has 10 nitrogen and oxygen atoms in total. The van der Waals surface area contributed by atoms with Crippen LogP contribution in [0.2, 0.25) is 0 Å². The van der Waals surface area contributed by atoms with Crippen molar-refractivity contribution in [3.63, 3.8) is 0 Å². The van der Waals surface area contributed by atoms with Gasteiger partial charge in [0.1, 0.15) is 18.1 Å². The van der Waals surface area contributed by atoms with Gasteiger partial charge in [-0.15, -0.1) is 0 Å². The van der Waals surface area contributed by atoms with E-state index in [2.05, 4.69) is 16.0 Å². The Labute approximate surface area is 186 Å². The smallest absolute Gasteiger partial charge is 0.326 e. The number of hydrogen-bond donors (Lipinski definition) is 6. The average Bonchev–Trinajstić information content (AvgIpc) is 3.18. The lowest BCUT2D eigenvalue weighted by Gasteiger charge is -2.25. The molecule has 0 aliphatic carbocycles. The Bertz CT molecular complexity index is 748. The monoisotopic (exact) mass is 455 g/mol. The number of nitrogens with one attached hydrogen (secondary N) is 3. The molecule has 174 valence electrons. The van der Waals surface area contributed by atoms with Crippen LogP contribution in [0.3, 0.4) is 0 Å². The summed E-state index contributed by atoms with van der Waals surface area (Å²) in [6.45, 7) is 4.93. The standard InChI is InChI=1S/C20H33N5O5S/c1-12(23-19(30)20(2,3)22)16(26)25-15(10-13-7-9-31-11-13)17(27)24-14(18(28)29)6-4-5-8-21/h7,9,11-12,14-15H,4-6,8,10,21-22H2,1-3H3,(H,23,30)(H,24,27)(H,25,26)(H,28,29)/t12-,14-,15-/m0/s1. The Morgan fingerprint density at radius 1 is 1.10 bits per heavy atom. The maximum Gasteiger partial charge on any atom is 0.326 e. The Morgan fingerprint density at radius 2 is 1.74 bits per heavy atom. The molecule has 0 saturated heterocycles. The van der Waals surface area contributed by atoms with Crippen LogP contribution in [-0.2, 0) is 25.6 Å². The largest absolute Gasteiger partial charge is 0.480 e. The highest BCUT2D eigenvalue weighted by atomic mass is 32.1. The molecule has 31 heavy (non-hydrogen) atoms. The first-order valence-electron chi connectivity index (χ1n) is 10.1. The number of carbonyl (C=O) groups is 4. The van der Waals surface area contributed by atoms with Crippen molar-refractivity contribution in [1.29, 1.82) is 0 Å². The number of carboxylic acid groups (broad SMARTS) is 1. The maximum absolute atomic E-state index is 12.8. The molecule has 0 spiro atoms. The molecule has 0 aliphatic rings. The van der Waals surface area contributed by atoms with Gasteiger partial charge >= 0.3 is 5.97 Å². The second-order valence-electron chi connectivity index (χ2n) is 8.00. The molecular formula is C20H33N5O5S. The van der Waals surface area contributed by atoms with Crippen molar-refractivity contribution in [2.24, 2.45) is 11.5 Å². The molecule has 0 radical (unpaired) electrons. The number of carboxylic acids is 1. The summed E-state index contributed by atoms with van der Waals surface area (Å²) in [7, 11) is 0. The van der Waals surface area contributed by atoms with Gasteiger partial charge in [0.05, 0.1) is 5.54 Å². The van der Waals surface area contributed by atoms with Crippen LogP contribution in [0.25, 0.3) is 0 Å². The van der Waals surface area contributed by atoms with Crippen LogP contribution >= 0.6 is 11.3 Å². The zero-order valence-corrected chi connectivity index (χ0v) is 19.0. The van der Waals surface area contributed by atoms with Crippen molar-refractivity contribution in [1.82, 2.24) is 16.0 Å². The third-order valence-electron chi connectivity index (χ3n) is 4.54. The molecule has 1 heterocycles. The molecule has 0 aliphatic heterocycles. The number of nitrogens with two attached hydrogens (primary N) is 2. The molecule has 1 aromatic rings. The fraction of sp³-hybridized carbons (Fsp3) is 0.600. The number of thiophene rings is 1. The molecule has 1 rings (SSSR count). The maximum atomic E-state index is 12.8. The summed E-state index contributed by atoms with van der Waals surface area (Å²) >= 11 is 1.44. The molecule has 1 aromatic heterocycles. The van der Waals surface area contributed by atoms with Gasteiger partial charge in [0, 0.05) is 6.42 Å². The Morgan fingerprint density at radius 3 is 2.26 bits per heavy atom. The molecule has 0 unspecified atom stereocenters. The first-order valence-corrected chi connectivity index (χ1v) is 11.0. The predicted octanol–water partition coefficient (Wildman–Crippen LogP) is -0.284. The van der Waals surface area contributed by atoms with Crippen molar-refractivity contribution >= 4 is 35.0 Å². The van der Waals surface area contributed by atoms with E-state index in [1.54, 1.807) is 0 Å². The van der Waals surface area contributed by atoms with Crippen LogP contribution in [-0.4, -0.2) is 59.0 Å². The number of aliphatic carboxylic acids is 1. The van der Waals surface area contributed by atoms with Gasteiger partial charge in [-0.1, -0.05) is 0 Å². The summed E-state index contributed by atoms with van der Waals surface area (Å²) in [4.78, 5) is 49.0. The minimum absolute atomic E-state index is 0.180. The molecule has 0 aromatic carbocycles. The van der Waals surface area contributed by atoms with E-state index in [0.29, 0.717) is 19.4 Å². The van der Waals surface area contributed by atoms with Gasteiger partial charge in [-0.3, -0.25) is 14.4 Å². The summed E-state index contributed by atoms with van der Waals surface area (Å²) in [5, 5.41) is 20.7. The molecule has 8 N–H and O–H groups in total. The number of carbonyl (C=O) groups excluding carboxylic acids is 3. The van der Waals surface area contributed by atoms with E-state index in [9.17, 15) is 24.3 Å². The van der Waals surface area contributed by atoms with E-state index >= 15 is 0 Å². The average molecular weight is 456 g/mol. The number of rotatable bonds is 13. The number of unbranched alkanes of at least 4 members (excludes halogenated alkanes) is 1. The van der Waals surface area contributed by atoms with Crippen LogP contribution in [0.1, 0.15) is 45.6 Å². The van der Waals surface area contributed by atoms with Gasteiger partial charge in [0.15, 0.2) is 0 Å². The molecule has 0 saturated carbocycles. The normalized spacial score (nSPS) is 14.2. The Balaban J connectivity index is 2.87. The van der Waals surface area contributed by atoms with Gasteiger partial charge in [-0.2, -0.15) is 11.3 Å². The van der Waals surface area contributed by atoms with Crippen LogP contribution in [0.15, 0.2) is 16.8 Å². The molecule has 3 amide bonds. The second-order valence-corrected chi connectivity index (χ2v) is 8.78. The lowest BCUT2D eigenvalue weighted by molar-refractivity contribution is -0.142. The fourth-order valence-corrected chi connectivity index (χ4v) is 3.30. The lowest BCUT2D eigenvalue weighted by atomic mass is 10.0. The lowest BCUT2D eigenvalue weighted by Crippen LogP contribution is -2.58. The van der Waals surface area contributed by atoms with E-state index in [1.165, 1.54) is 32.1 Å². The minimum Gasteiger partial charge on any atom is -0.480 e. The topological polar surface area (TPSA) is 177 Å². The van der Waals surface area contributed by atoms with Crippen LogP contribution in [0.5, 0.6) is 0 Å². The number of amides is 3. The summed E-state index contributed by atoms with van der Waals surface area (Å²) in [5.74, 6) is -2.86. The molecule has 11 heteroatoms. The number of hydrogen-bond acceptors (Lipinski definition) is 7. The third-order valence-corrected chi connectivity index (χ3v) is 5.27. The summed E-state index contributed by atoms with van der Waals surface area (Å²) in [5.41, 5.74) is 10.8. The Hall–Kier alpha value is -2.50. The highest BCUT2D eigenvalue weighted by Crippen LogP contribution is 2.10. The molecule has 3 atom stereocenters. The van der Waals surface area contributed by atoms with Crippen LogP contribution < -0.4 is 27.4 Å². The van der Waals surface area contributed by atoms with Gasteiger partial charge < -0.3 is 32.5 Å². The SMILES string of the molecule is C[C@H](NC(=O)C(C)(C)N)C(=O)N[C@@H](Cc1ccsc1)C(=O)N[C@@H](CCCCN)C(=O)O. The highest BCUT2D eigenvalue weighted by molar-refractivity contribution is 7.07. The minimum atomic E-state index is -1.17. The van der Waals surface area contributed by atoms with Gasteiger partial charge in [0.25, 0.3) is 0 Å². The van der Waals surface area contributed by atoms with E-state index in [1.807, 2.05) is 16.8 Å². The van der Waals surface area contributed by atoms with Crippen LogP contribution in [0.4, 0.5) is 0 Å². The van der Waals surface area contributed by atoms with E-state index in [4.69, 9.17) is 11.5 Å². The molecular weight excluding hydrogens is 422 g/mol. The van der Waals surface area contributed by atoms with E-state index < -0.39 is 47.4 Å². The zero-order chi connectivity index (χ0) is 23.6. The van der Waals surface area contributed by atoms with Gasteiger partial charge in [0.2, 0.25) is 17.7 Å². The van der Waals surface area contributed by atoms with Crippen molar-refractivity contribution in [3.8, 4) is 0 Å². The molecule has 0 fully saturated rings. The van der Waals surface area contributed by atoms with Gasteiger partial charge in [-0.25, -0.2) is 4.79 Å². The third kappa shape index (κ3) is 9.45. The van der Waals surface area contributed by atoms with Crippen molar-refractivity contribution < 1.29 is 24.3 Å². The fourth-order valence-electron chi connectivity index (χ4n) is 2.62. The summed E-state index contributed by atoms with van der Waals surface area (Å²) in [6.07, 6.45) is 1.60. The van der Waals surface area contributed by atoms with Crippen molar-refractivity contribution in [2.75, 3.05) is 6.54 Å². The van der Waals surface area contributed by atoms with Crippen LogP contribution in [0, 0.1) is 0 Å².